The fraction of sp³-hybridized carbons (Fsp3) is 0.190. The molecule has 142 valence electrons. The van der Waals surface area contributed by atoms with Crippen LogP contribution in [0.2, 0.25) is 0 Å². The Morgan fingerprint density at radius 3 is 2.64 bits per heavy atom. The Bertz CT molecular complexity index is 1260. The number of nitrogens with zero attached hydrogens (tertiary/aromatic N) is 2. The minimum Gasteiger partial charge on any atom is -0.468 e. The minimum absolute atomic E-state index is 0.0226. The molecule has 28 heavy (non-hydrogen) atoms. The molecular weight excluding hydrogens is 376 g/mol. The van der Waals surface area contributed by atoms with Crippen molar-refractivity contribution in [2.24, 2.45) is 4.99 Å². The number of carbonyl (C=O) groups is 2. The van der Waals surface area contributed by atoms with Crippen molar-refractivity contribution in [3.8, 4) is 0 Å². The molecule has 7 heteroatoms. The number of hydrogen-bond acceptors (Lipinski definition) is 5. The zero-order valence-corrected chi connectivity index (χ0v) is 16.5. The van der Waals surface area contributed by atoms with E-state index in [1.807, 2.05) is 44.2 Å². The van der Waals surface area contributed by atoms with Crippen molar-refractivity contribution >= 4 is 44.4 Å². The van der Waals surface area contributed by atoms with Gasteiger partial charge in [-0.2, -0.15) is 4.99 Å². The van der Waals surface area contributed by atoms with E-state index in [0.717, 1.165) is 26.7 Å². The van der Waals surface area contributed by atoms with E-state index in [1.54, 1.807) is 16.7 Å². The first kappa shape index (κ1) is 18.2. The van der Waals surface area contributed by atoms with Crippen LogP contribution in [0.5, 0.6) is 0 Å². The highest BCUT2D eigenvalue weighted by atomic mass is 32.1. The summed E-state index contributed by atoms with van der Waals surface area (Å²) < 4.78 is 13.1. The largest absolute Gasteiger partial charge is 0.468 e. The smallest absolute Gasteiger partial charge is 0.325 e. The lowest BCUT2D eigenvalue weighted by atomic mass is 10.1. The Hall–Kier alpha value is -3.19. The fourth-order valence-electron chi connectivity index (χ4n) is 2.98. The van der Waals surface area contributed by atoms with Gasteiger partial charge < -0.3 is 13.7 Å². The molecular formula is C21H18N2O4S. The highest BCUT2D eigenvalue weighted by Crippen LogP contribution is 2.23. The molecule has 0 saturated heterocycles. The van der Waals surface area contributed by atoms with Crippen LogP contribution in [0.25, 0.3) is 21.2 Å². The van der Waals surface area contributed by atoms with E-state index in [4.69, 9.17) is 9.15 Å². The van der Waals surface area contributed by atoms with E-state index in [2.05, 4.69) is 4.99 Å². The standard InChI is InChI=1S/C21H18N2O4S/c1-12-8-15-18(9-13(12)2)28-21(23(15)11-19(24)26-3)22-20(25)17-10-14-6-4-5-7-16(14)27-17/h4-10H,11H2,1-3H3. The Morgan fingerprint density at radius 2 is 1.89 bits per heavy atom. The number of amides is 1. The number of ether oxygens (including phenoxy) is 1. The van der Waals surface area contributed by atoms with Crippen LogP contribution in [0.3, 0.4) is 0 Å². The number of para-hydroxylation sites is 1. The van der Waals surface area contributed by atoms with Gasteiger partial charge in [-0.15, -0.1) is 0 Å². The van der Waals surface area contributed by atoms with Crippen LogP contribution in [-0.4, -0.2) is 23.6 Å². The van der Waals surface area contributed by atoms with Gasteiger partial charge in [0, 0.05) is 5.39 Å². The van der Waals surface area contributed by atoms with Crippen molar-refractivity contribution in [1.29, 1.82) is 0 Å². The lowest BCUT2D eigenvalue weighted by Crippen LogP contribution is -2.22. The van der Waals surface area contributed by atoms with E-state index in [-0.39, 0.29) is 12.3 Å². The topological polar surface area (TPSA) is 73.8 Å². The van der Waals surface area contributed by atoms with Crippen LogP contribution in [0.1, 0.15) is 21.7 Å². The van der Waals surface area contributed by atoms with Gasteiger partial charge >= 0.3 is 11.9 Å². The van der Waals surface area contributed by atoms with Crippen molar-refractivity contribution in [3.63, 3.8) is 0 Å². The van der Waals surface area contributed by atoms with Crippen LogP contribution < -0.4 is 4.80 Å². The van der Waals surface area contributed by atoms with Gasteiger partial charge in [-0.1, -0.05) is 29.5 Å². The Morgan fingerprint density at radius 1 is 1.14 bits per heavy atom. The molecule has 0 spiro atoms. The predicted octanol–water partition coefficient (Wildman–Crippen LogP) is 3.98. The molecule has 6 nitrogen and oxygen atoms in total. The van der Waals surface area contributed by atoms with Gasteiger partial charge in [-0.05, 0) is 49.2 Å². The maximum absolute atomic E-state index is 12.7. The number of thiazole rings is 1. The summed E-state index contributed by atoms with van der Waals surface area (Å²) in [5, 5.41) is 0.839. The van der Waals surface area contributed by atoms with Crippen LogP contribution in [0.4, 0.5) is 0 Å². The molecule has 0 saturated carbocycles. The Kier molecular flexibility index (Phi) is 4.60. The first-order chi connectivity index (χ1) is 13.5. The van der Waals surface area contributed by atoms with Gasteiger partial charge in [0.05, 0.1) is 17.3 Å². The predicted molar refractivity (Wildman–Crippen MR) is 107 cm³/mol. The molecule has 2 aromatic carbocycles. The molecule has 4 aromatic rings. The molecule has 4 rings (SSSR count). The number of esters is 1. The lowest BCUT2D eigenvalue weighted by Gasteiger charge is -2.05. The van der Waals surface area contributed by atoms with Crippen molar-refractivity contribution in [3.05, 3.63) is 64.2 Å². The molecule has 0 aliphatic carbocycles. The third-order valence-corrected chi connectivity index (χ3v) is 5.69. The Labute approximate surface area is 164 Å². The third kappa shape index (κ3) is 3.25. The minimum atomic E-state index is -0.491. The van der Waals surface area contributed by atoms with Crippen molar-refractivity contribution in [2.45, 2.75) is 20.4 Å². The molecule has 2 heterocycles. The number of benzene rings is 2. The molecule has 0 atom stereocenters. The van der Waals surface area contributed by atoms with Crippen molar-refractivity contribution < 1.29 is 18.7 Å². The summed E-state index contributed by atoms with van der Waals surface area (Å²) in [7, 11) is 1.34. The number of hydrogen-bond donors (Lipinski definition) is 0. The van der Waals surface area contributed by atoms with Crippen LogP contribution in [0.15, 0.2) is 51.9 Å². The molecule has 0 fully saturated rings. The quantitative estimate of drug-likeness (QED) is 0.493. The summed E-state index contributed by atoms with van der Waals surface area (Å²) in [6.45, 7) is 4.01. The highest BCUT2D eigenvalue weighted by molar-refractivity contribution is 7.16. The van der Waals surface area contributed by atoms with Crippen LogP contribution >= 0.6 is 11.3 Å². The normalized spacial score (nSPS) is 12.0. The summed E-state index contributed by atoms with van der Waals surface area (Å²) in [5.74, 6) is -0.735. The van der Waals surface area contributed by atoms with Gasteiger partial charge in [0.2, 0.25) is 0 Å². The van der Waals surface area contributed by atoms with E-state index < -0.39 is 11.9 Å². The molecule has 0 unspecified atom stereocenters. The number of carbonyl (C=O) groups excluding carboxylic acids is 2. The zero-order valence-electron chi connectivity index (χ0n) is 15.7. The summed E-state index contributed by atoms with van der Waals surface area (Å²) in [5.41, 5.74) is 3.70. The fourth-order valence-corrected chi connectivity index (χ4v) is 4.09. The third-order valence-electron chi connectivity index (χ3n) is 4.65. The van der Waals surface area contributed by atoms with E-state index in [1.165, 1.54) is 18.4 Å². The first-order valence-electron chi connectivity index (χ1n) is 8.71. The maximum Gasteiger partial charge on any atom is 0.325 e. The summed E-state index contributed by atoms with van der Waals surface area (Å²) >= 11 is 1.36. The average Bonchev–Trinajstić information content (AvgIpc) is 3.24. The van der Waals surface area contributed by atoms with Gasteiger partial charge in [-0.3, -0.25) is 9.59 Å². The number of aryl methyl sites for hydroxylation is 2. The number of furan rings is 1. The van der Waals surface area contributed by atoms with Gasteiger partial charge in [0.1, 0.15) is 12.1 Å². The number of rotatable bonds is 3. The SMILES string of the molecule is COC(=O)Cn1c(=NC(=O)c2cc3ccccc3o2)sc2cc(C)c(C)cc21. The maximum atomic E-state index is 12.7. The molecule has 0 radical (unpaired) electrons. The molecule has 0 N–H and O–H groups in total. The average molecular weight is 394 g/mol. The van der Waals surface area contributed by atoms with Gasteiger partial charge in [0.25, 0.3) is 0 Å². The van der Waals surface area contributed by atoms with Crippen LogP contribution in [-0.2, 0) is 16.1 Å². The number of fused-ring (bicyclic) bond motifs is 2. The van der Waals surface area contributed by atoms with E-state index in [9.17, 15) is 9.59 Å². The first-order valence-corrected chi connectivity index (χ1v) is 9.53. The van der Waals surface area contributed by atoms with Crippen molar-refractivity contribution in [2.75, 3.05) is 7.11 Å². The monoisotopic (exact) mass is 394 g/mol. The lowest BCUT2D eigenvalue weighted by molar-refractivity contribution is -0.141. The summed E-state index contributed by atoms with van der Waals surface area (Å²) in [6, 6.07) is 13.1. The Balaban J connectivity index is 1.86. The van der Waals surface area contributed by atoms with Crippen molar-refractivity contribution in [1.82, 2.24) is 4.57 Å². The summed E-state index contributed by atoms with van der Waals surface area (Å²) in [4.78, 5) is 29.3. The van der Waals surface area contributed by atoms with E-state index >= 15 is 0 Å². The second-order valence-corrected chi connectivity index (χ2v) is 7.53. The zero-order chi connectivity index (χ0) is 19.8. The van der Waals surface area contributed by atoms with Gasteiger partial charge in [0.15, 0.2) is 10.6 Å². The summed E-state index contributed by atoms with van der Waals surface area (Å²) in [6.07, 6.45) is 0. The number of aromatic nitrogens is 1. The highest BCUT2D eigenvalue weighted by Gasteiger charge is 2.15. The second-order valence-electron chi connectivity index (χ2n) is 6.52. The number of methoxy groups -OCH3 is 1. The van der Waals surface area contributed by atoms with Gasteiger partial charge in [-0.25, -0.2) is 0 Å². The molecule has 0 bridgehead atoms. The molecule has 1 amide bonds. The van der Waals surface area contributed by atoms with Crippen LogP contribution in [0, 0.1) is 13.8 Å². The van der Waals surface area contributed by atoms with E-state index in [0.29, 0.717) is 10.4 Å². The molecule has 2 aromatic heterocycles. The second kappa shape index (κ2) is 7.09. The molecule has 0 aliphatic heterocycles. The molecule has 0 aliphatic rings.